The summed E-state index contributed by atoms with van der Waals surface area (Å²) >= 11 is 0. The van der Waals surface area contributed by atoms with E-state index in [4.69, 9.17) is 0 Å². The Morgan fingerprint density at radius 1 is 1.29 bits per heavy atom. The molecule has 0 bridgehead atoms. The zero-order valence-corrected chi connectivity index (χ0v) is 14.0. The maximum Gasteiger partial charge on any atom is 0.256 e. The largest absolute Gasteiger partial charge is 0.350 e. The van der Waals surface area contributed by atoms with Gasteiger partial charge in [-0.3, -0.25) is 4.79 Å². The van der Waals surface area contributed by atoms with Crippen LogP contribution in [0.5, 0.6) is 0 Å². The maximum absolute atomic E-state index is 12.7. The number of nitrogens with zero attached hydrogens (tertiary/aromatic N) is 1. The van der Waals surface area contributed by atoms with Crippen LogP contribution >= 0.6 is 0 Å². The second-order valence-corrected chi connectivity index (χ2v) is 6.55. The number of hydrogen-bond donors (Lipinski definition) is 1. The Labute approximate surface area is 141 Å². The van der Waals surface area contributed by atoms with Crippen LogP contribution in [0.2, 0.25) is 0 Å². The van der Waals surface area contributed by atoms with E-state index in [1.807, 2.05) is 25.4 Å². The average molecular weight is 316 g/mol. The number of fused-ring (bicyclic) bond motifs is 1. The summed E-state index contributed by atoms with van der Waals surface area (Å²) in [5.41, 5.74) is 5.86. The average Bonchev–Trinajstić information content (AvgIpc) is 3.04. The van der Waals surface area contributed by atoms with Crippen LogP contribution in [0.4, 0.5) is 0 Å². The number of aromatic nitrogens is 1. The first-order valence-electron chi connectivity index (χ1n) is 8.20. The van der Waals surface area contributed by atoms with E-state index in [0.717, 1.165) is 39.7 Å². The lowest BCUT2D eigenvalue weighted by Gasteiger charge is -2.18. The van der Waals surface area contributed by atoms with Gasteiger partial charge in [-0.15, -0.1) is 0 Å². The fraction of sp³-hybridized carbons (Fsp3) is 0.190. The molecule has 1 aliphatic carbocycles. The van der Waals surface area contributed by atoms with Crippen LogP contribution < -0.4 is 5.32 Å². The molecule has 2 heterocycles. The van der Waals surface area contributed by atoms with E-state index >= 15 is 0 Å². The third-order valence-corrected chi connectivity index (χ3v) is 4.86. The zero-order valence-electron chi connectivity index (χ0n) is 14.0. The van der Waals surface area contributed by atoms with Crippen LogP contribution in [-0.2, 0) is 11.8 Å². The highest BCUT2D eigenvalue weighted by Crippen LogP contribution is 2.39. The maximum atomic E-state index is 12.7. The second-order valence-electron chi connectivity index (χ2n) is 6.55. The van der Waals surface area contributed by atoms with Gasteiger partial charge in [0, 0.05) is 41.3 Å². The Bertz CT molecular complexity index is 969. The molecule has 120 valence electrons. The molecule has 2 aromatic rings. The lowest BCUT2D eigenvalue weighted by atomic mass is 9.85. The summed E-state index contributed by atoms with van der Waals surface area (Å²) in [5, 5.41) is 4.03. The topological polar surface area (TPSA) is 34.0 Å². The number of amides is 1. The smallest absolute Gasteiger partial charge is 0.256 e. The van der Waals surface area contributed by atoms with Crippen molar-refractivity contribution in [1.82, 2.24) is 9.88 Å². The van der Waals surface area contributed by atoms with Crippen molar-refractivity contribution >= 4 is 22.4 Å². The molecule has 24 heavy (non-hydrogen) atoms. The highest BCUT2D eigenvalue weighted by molar-refractivity contribution is 6.27. The highest BCUT2D eigenvalue weighted by Gasteiger charge is 2.32. The molecule has 0 saturated heterocycles. The van der Waals surface area contributed by atoms with E-state index < -0.39 is 0 Å². The Morgan fingerprint density at radius 3 is 2.88 bits per heavy atom. The molecule has 2 aliphatic rings. The molecule has 3 nitrogen and oxygen atoms in total. The molecule has 1 aromatic carbocycles. The standard InChI is InChI=1S/C21H20N2O/c1-13-7-6-8-15(11-13)19-14(2)22-21(24)20(19)17-12-23(3)18-10-5-4-9-16(17)18/h4-7,9-12,15H,2,8H2,1,3H3,(H,22,24). The number of aryl methyl sites for hydroxylation is 1. The number of benzene rings is 1. The molecule has 1 aromatic heterocycles. The summed E-state index contributed by atoms with van der Waals surface area (Å²) in [4.78, 5) is 12.7. The third kappa shape index (κ3) is 2.16. The van der Waals surface area contributed by atoms with Crippen molar-refractivity contribution in [2.24, 2.45) is 13.0 Å². The minimum atomic E-state index is -0.0491. The minimum Gasteiger partial charge on any atom is -0.350 e. The molecule has 1 atom stereocenters. The number of carbonyl (C=O) groups is 1. The summed E-state index contributed by atoms with van der Waals surface area (Å²) in [6, 6.07) is 8.19. The molecule has 1 aliphatic heterocycles. The van der Waals surface area contributed by atoms with E-state index in [-0.39, 0.29) is 11.8 Å². The van der Waals surface area contributed by atoms with E-state index in [2.05, 4.69) is 53.7 Å². The molecule has 0 fully saturated rings. The molecule has 4 rings (SSSR count). The number of nitrogens with one attached hydrogen (secondary N) is 1. The molecule has 1 N–H and O–H groups in total. The van der Waals surface area contributed by atoms with Crippen LogP contribution in [-0.4, -0.2) is 10.5 Å². The normalized spacial score (nSPS) is 20.8. The number of rotatable bonds is 2. The SMILES string of the molecule is C=C1NC(=O)C(c2cn(C)c3ccccc23)=C1C1C=C(C)C=CC1. The Hall–Kier alpha value is -2.81. The molecular formula is C21H20N2O. The van der Waals surface area contributed by atoms with Crippen molar-refractivity contribution in [3.8, 4) is 0 Å². The van der Waals surface area contributed by atoms with Gasteiger partial charge in [0.05, 0.1) is 5.57 Å². The van der Waals surface area contributed by atoms with Crippen molar-refractivity contribution in [2.45, 2.75) is 13.3 Å². The first-order valence-corrected chi connectivity index (χ1v) is 8.20. The van der Waals surface area contributed by atoms with Gasteiger partial charge in [-0.1, -0.05) is 48.6 Å². The van der Waals surface area contributed by atoms with E-state index in [9.17, 15) is 4.79 Å². The van der Waals surface area contributed by atoms with Crippen LogP contribution in [0, 0.1) is 5.92 Å². The van der Waals surface area contributed by atoms with Crippen LogP contribution in [0.1, 0.15) is 18.9 Å². The molecule has 3 heteroatoms. The van der Waals surface area contributed by atoms with Gasteiger partial charge < -0.3 is 9.88 Å². The Balaban J connectivity index is 1.97. The number of hydrogen-bond acceptors (Lipinski definition) is 1. The van der Waals surface area contributed by atoms with Gasteiger partial charge in [-0.2, -0.15) is 0 Å². The third-order valence-electron chi connectivity index (χ3n) is 4.86. The van der Waals surface area contributed by atoms with Crippen molar-refractivity contribution in [2.75, 3.05) is 0 Å². The van der Waals surface area contributed by atoms with Crippen molar-refractivity contribution < 1.29 is 4.79 Å². The quantitative estimate of drug-likeness (QED) is 0.889. The fourth-order valence-corrected chi connectivity index (χ4v) is 3.80. The molecular weight excluding hydrogens is 296 g/mol. The minimum absolute atomic E-state index is 0.0491. The Kier molecular flexibility index (Phi) is 3.31. The summed E-state index contributed by atoms with van der Waals surface area (Å²) in [6.45, 7) is 6.19. The van der Waals surface area contributed by atoms with E-state index in [0.29, 0.717) is 0 Å². The van der Waals surface area contributed by atoms with Crippen LogP contribution in [0.15, 0.2) is 72.1 Å². The number of allylic oxidation sites excluding steroid dienone is 5. The Morgan fingerprint density at radius 2 is 2.08 bits per heavy atom. The predicted octanol–water partition coefficient (Wildman–Crippen LogP) is 4.10. The van der Waals surface area contributed by atoms with Gasteiger partial charge in [-0.05, 0) is 25.0 Å². The second kappa shape index (κ2) is 5.38. The highest BCUT2D eigenvalue weighted by atomic mass is 16.2. The van der Waals surface area contributed by atoms with Gasteiger partial charge in [0.15, 0.2) is 0 Å². The van der Waals surface area contributed by atoms with Gasteiger partial charge in [0.2, 0.25) is 0 Å². The van der Waals surface area contributed by atoms with Crippen molar-refractivity contribution in [1.29, 1.82) is 0 Å². The first kappa shape index (κ1) is 14.8. The molecule has 0 spiro atoms. The van der Waals surface area contributed by atoms with Crippen molar-refractivity contribution in [3.63, 3.8) is 0 Å². The van der Waals surface area contributed by atoms with Crippen LogP contribution in [0.25, 0.3) is 16.5 Å². The summed E-state index contributed by atoms with van der Waals surface area (Å²) in [7, 11) is 2.02. The summed E-state index contributed by atoms with van der Waals surface area (Å²) in [6.07, 6.45) is 9.47. The van der Waals surface area contributed by atoms with Crippen molar-refractivity contribution in [3.05, 3.63) is 77.7 Å². The van der Waals surface area contributed by atoms with E-state index in [1.54, 1.807) is 0 Å². The van der Waals surface area contributed by atoms with Gasteiger partial charge in [0.25, 0.3) is 5.91 Å². The summed E-state index contributed by atoms with van der Waals surface area (Å²) in [5.74, 6) is 0.141. The van der Waals surface area contributed by atoms with Gasteiger partial charge in [-0.25, -0.2) is 0 Å². The first-order chi connectivity index (χ1) is 11.6. The molecule has 1 amide bonds. The molecule has 0 radical (unpaired) electrons. The number of para-hydroxylation sites is 1. The number of carbonyl (C=O) groups excluding carboxylic acids is 1. The van der Waals surface area contributed by atoms with Crippen LogP contribution in [0.3, 0.4) is 0 Å². The fourth-order valence-electron chi connectivity index (χ4n) is 3.80. The molecule has 0 saturated carbocycles. The van der Waals surface area contributed by atoms with E-state index in [1.165, 1.54) is 5.57 Å². The lowest BCUT2D eigenvalue weighted by Crippen LogP contribution is -2.15. The lowest BCUT2D eigenvalue weighted by molar-refractivity contribution is -0.114. The predicted molar refractivity (Wildman–Crippen MR) is 98.1 cm³/mol. The van der Waals surface area contributed by atoms with Gasteiger partial charge >= 0.3 is 0 Å². The summed E-state index contributed by atoms with van der Waals surface area (Å²) < 4.78 is 2.07. The molecule has 1 unspecified atom stereocenters. The monoisotopic (exact) mass is 316 g/mol. The zero-order chi connectivity index (χ0) is 16.8. The van der Waals surface area contributed by atoms with Gasteiger partial charge in [0.1, 0.15) is 0 Å².